The van der Waals surface area contributed by atoms with Crippen molar-refractivity contribution < 1.29 is 18.3 Å². The summed E-state index contributed by atoms with van der Waals surface area (Å²) in [7, 11) is -3.98. The van der Waals surface area contributed by atoms with Crippen molar-refractivity contribution in [1.29, 1.82) is 5.26 Å². The first kappa shape index (κ1) is 24.8. The third-order valence-electron chi connectivity index (χ3n) is 6.25. The molecule has 0 unspecified atom stereocenters. The van der Waals surface area contributed by atoms with E-state index in [2.05, 4.69) is 15.7 Å². The van der Waals surface area contributed by atoms with Crippen LogP contribution in [0.4, 0.5) is 0 Å². The minimum absolute atomic E-state index is 0.0564. The second kappa shape index (κ2) is 11.0. The summed E-state index contributed by atoms with van der Waals surface area (Å²) < 4.78 is 29.3. The number of piperazine rings is 1. The highest BCUT2D eigenvalue weighted by molar-refractivity contribution is 7.89. The summed E-state index contributed by atoms with van der Waals surface area (Å²) in [6.07, 6.45) is 0.161. The number of nitrogens with one attached hydrogen (secondary N) is 1. The van der Waals surface area contributed by atoms with Crippen molar-refractivity contribution in [3.8, 4) is 6.07 Å². The van der Waals surface area contributed by atoms with E-state index in [9.17, 15) is 13.2 Å². The van der Waals surface area contributed by atoms with Crippen LogP contribution in [0.25, 0.3) is 10.8 Å². The summed E-state index contributed by atoms with van der Waals surface area (Å²) in [6.45, 7) is 2.76. The van der Waals surface area contributed by atoms with E-state index in [-0.39, 0.29) is 23.8 Å². The number of β-amino-alcohol motifs (C(OH)–C–C–N with tert-alkyl or cyclic N) is 1. The Hall–Kier alpha value is -3.29. The zero-order valence-corrected chi connectivity index (χ0v) is 20.1. The molecule has 182 valence electrons. The molecular formula is C26H28N4O4S. The molecule has 1 atom stereocenters. The van der Waals surface area contributed by atoms with Crippen LogP contribution >= 0.6 is 0 Å². The van der Waals surface area contributed by atoms with E-state index in [4.69, 9.17) is 10.4 Å². The van der Waals surface area contributed by atoms with Gasteiger partial charge in [-0.15, -0.1) is 0 Å². The number of amides is 1. The molecule has 2 N–H and O–H groups in total. The predicted octanol–water partition coefficient (Wildman–Crippen LogP) is 1.74. The number of aliphatic hydroxyl groups is 1. The Morgan fingerprint density at radius 2 is 1.69 bits per heavy atom. The predicted molar refractivity (Wildman–Crippen MR) is 133 cm³/mol. The monoisotopic (exact) mass is 492 g/mol. The second-order valence-electron chi connectivity index (χ2n) is 8.59. The van der Waals surface area contributed by atoms with Crippen LogP contribution in [0, 0.1) is 11.3 Å². The number of hydrogen-bond donors (Lipinski definition) is 2. The molecule has 3 aromatic rings. The first-order valence-corrected chi connectivity index (χ1v) is 13.0. The maximum absolute atomic E-state index is 13.5. The largest absolute Gasteiger partial charge is 0.395 e. The van der Waals surface area contributed by atoms with Gasteiger partial charge >= 0.3 is 0 Å². The van der Waals surface area contributed by atoms with Crippen molar-refractivity contribution in [2.45, 2.75) is 17.4 Å². The molecule has 35 heavy (non-hydrogen) atoms. The molecule has 3 aromatic carbocycles. The third-order valence-corrected chi connectivity index (χ3v) is 7.72. The van der Waals surface area contributed by atoms with Crippen molar-refractivity contribution in [1.82, 2.24) is 14.5 Å². The second-order valence-corrected chi connectivity index (χ2v) is 10.3. The molecule has 1 aliphatic rings. The van der Waals surface area contributed by atoms with Gasteiger partial charge in [-0.25, -0.2) is 8.42 Å². The van der Waals surface area contributed by atoms with E-state index < -0.39 is 16.1 Å². The quantitative estimate of drug-likeness (QED) is 0.495. The zero-order chi connectivity index (χ0) is 24.8. The molecule has 1 amide bonds. The van der Waals surface area contributed by atoms with Crippen molar-refractivity contribution >= 4 is 26.7 Å². The number of sulfonamides is 1. The third kappa shape index (κ3) is 6.05. The number of hydrogen-bond acceptors (Lipinski definition) is 6. The number of fused-ring (bicyclic) bond motifs is 1. The fourth-order valence-electron chi connectivity index (χ4n) is 4.27. The van der Waals surface area contributed by atoms with Crippen molar-refractivity contribution in [2.75, 3.05) is 39.3 Å². The van der Waals surface area contributed by atoms with Gasteiger partial charge in [0.05, 0.1) is 23.1 Å². The smallest absolute Gasteiger partial charge is 0.241 e. The molecule has 0 saturated carbocycles. The van der Waals surface area contributed by atoms with E-state index in [1.807, 2.05) is 24.3 Å². The van der Waals surface area contributed by atoms with Crippen LogP contribution in [0.3, 0.4) is 0 Å². The molecule has 0 aliphatic carbocycles. The van der Waals surface area contributed by atoms with Crippen LogP contribution in [0.15, 0.2) is 71.6 Å². The van der Waals surface area contributed by atoms with Crippen LogP contribution in [0.5, 0.6) is 0 Å². The highest BCUT2D eigenvalue weighted by Crippen LogP contribution is 2.20. The molecule has 0 aromatic heterocycles. The minimum Gasteiger partial charge on any atom is -0.395 e. The first-order chi connectivity index (χ1) is 16.9. The summed E-state index contributed by atoms with van der Waals surface area (Å²) in [5.41, 5.74) is 1.25. The summed E-state index contributed by atoms with van der Waals surface area (Å²) in [6, 6.07) is 20.2. The highest BCUT2D eigenvalue weighted by Gasteiger charge is 2.31. The maximum atomic E-state index is 13.5. The average Bonchev–Trinajstić information content (AvgIpc) is 2.88. The van der Waals surface area contributed by atoms with Gasteiger partial charge in [-0.3, -0.25) is 9.69 Å². The van der Waals surface area contributed by atoms with Gasteiger partial charge in [0.15, 0.2) is 0 Å². The van der Waals surface area contributed by atoms with Crippen molar-refractivity contribution in [2.24, 2.45) is 0 Å². The summed E-state index contributed by atoms with van der Waals surface area (Å²) in [4.78, 5) is 17.3. The van der Waals surface area contributed by atoms with E-state index in [1.165, 1.54) is 0 Å². The van der Waals surface area contributed by atoms with Gasteiger partial charge < -0.3 is 10.0 Å². The average molecular weight is 493 g/mol. The Morgan fingerprint density at radius 3 is 2.34 bits per heavy atom. The van der Waals surface area contributed by atoms with Gasteiger partial charge in [-0.2, -0.15) is 9.98 Å². The van der Waals surface area contributed by atoms with Gasteiger partial charge in [0.1, 0.15) is 6.04 Å². The molecule has 8 nitrogen and oxygen atoms in total. The lowest BCUT2D eigenvalue weighted by Crippen LogP contribution is -2.55. The number of carbonyl (C=O) groups excluding carboxylic acids is 1. The fraction of sp³-hybridized carbons (Fsp3) is 0.308. The molecule has 0 spiro atoms. The minimum atomic E-state index is -3.98. The number of carbonyl (C=O) groups is 1. The lowest BCUT2D eigenvalue weighted by atomic mass is 10.0. The number of nitriles is 1. The molecule has 0 radical (unpaired) electrons. The van der Waals surface area contributed by atoms with E-state index in [0.717, 1.165) is 16.3 Å². The van der Waals surface area contributed by atoms with Gasteiger partial charge in [-0.1, -0.05) is 42.5 Å². The zero-order valence-electron chi connectivity index (χ0n) is 19.3. The molecule has 9 heteroatoms. The van der Waals surface area contributed by atoms with Crippen LogP contribution in [0.1, 0.15) is 11.1 Å². The Balaban J connectivity index is 1.58. The summed E-state index contributed by atoms with van der Waals surface area (Å²) >= 11 is 0. The summed E-state index contributed by atoms with van der Waals surface area (Å²) in [5.74, 6) is -0.289. The van der Waals surface area contributed by atoms with Crippen LogP contribution in [-0.4, -0.2) is 74.6 Å². The Labute approximate surface area is 205 Å². The number of benzene rings is 3. The van der Waals surface area contributed by atoms with Gasteiger partial charge in [0.2, 0.25) is 15.9 Å². The topological polar surface area (TPSA) is 114 Å². The Kier molecular flexibility index (Phi) is 7.78. The number of aliphatic hydroxyl groups excluding tert-OH is 1. The summed E-state index contributed by atoms with van der Waals surface area (Å²) in [5, 5.41) is 20.0. The highest BCUT2D eigenvalue weighted by atomic mass is 32.2. The number of nitrogens with zero attached hydrogens (tertiary/aromatic N) is 3. The molecule has 0 bridgehead atoms. The van der Waals surface area contributed by atoms with Gasteiger partial charge in [-0.05, 0) is 47.0 Å². The van der Waals surface area contributed by atoms with E-state index in [0.29, 0.717) is 38.3 Å². The maximum Gasteiger partial charge on any atom is 0.241 e. The molecular weight excluding hydrogens is 464 g/mol. The van der Waals surface area contributed by atoms with Crippen molar-refractivity contribution in [3.63, 3.8) is 0 Å². The van der Waals surface area contributed by atoms with Crippen LogP contribution in [0.2, 0.25) is 0 Å². The Bertz CT molecular complexity index is 1330. The van der Waals surface area contributed by atoms with Gasteiger partial charge in [0.25, 0.3) is 0 Å². The van der Waals surface area contributed by atoms with Crippen LogP contribution in [-0.2, 0) is 21.2 Å². The van der Waals surface area contributed by atoms with E-state index in [1.54, 1.807) is 47.4 Å². The molecule has 1 fully saturated rings. The van der Waals surface area contributed by atoms with Gasteiger partial charge in [0, 0.05) is 32.7 Å². The van der Waals surface area contributed by atoms with Crippen LogP contribution < -0.4 is 4.72 Å². The molecule has 4 rings (SSSR count). The SMILES string of the molecule is N#Cc1ccc(C[C@H](NS(=O)(=O)c2ccc3ccccc3c2)C(=O)N2CCN(CCO)CC2)cc1. The Morgan fingerprint density at radius 1 is 1.00 bits per heavy atom. The molecule has 1 heterocycles. The molecule has 1 aliphatic heterocycles. The number of rotatable bonds is 8. The lowest BCUT2D eigenvalue weighted by molar-refractivity contribution is -0.134. The standard InChI is InChI=1S/C26H28N4O4S/c27-19-21-7-5-20(6-8-21)17-25(26(32)30-13-11-29(12-14-30)15-16-31)28-35(33,34)24-10-9-22-3-1-2-4-23(22)18-24/h1-10,18,25,28,31H,11-17H2/t25-/m0/s1. The lowest BCUT2D eigenvalue weighted by Gasteiger charge is -2.36. The van der Waals surface area contributed by atoms with E-state index >= 15 is 0 Å². The normalized spacial score (nSPS) is 15.6. The first-order valence-electron chi connectivity index (χ1n) is 11.5. The van der Waals surface area contributed by atoms with Crippen molar-refractivity contribution in [3.05, 3.63) is 77.9 Å². The molecule has 1 saturated heterocycles. The fourth-order valence-corrected chi connectivity index (χ4v) is 5.50.